The number of hydrazine groups is 1. The lowest BCUT2D eigenvalue weighted by molar-refractivity contribution is -0.144. The molecule has 2 heterocycles. The molecule has 0 radical (unpaired) electrons. The van der Waals surface area contributed by atoms with Crippen molar-refractivity contribution in [1.82, 2.24) is 15.8 Å². The molecule has 0 bridgehead atoms. The molecule has 4 atom stereocenters. The van der Waals surface area contributed by atoms with Gasteiger partial charge in [-0.25, -0.2) is 5.43 Å². The van der Waals surface area contributed by atoms with E-state index in [0.717, 1.165) is 30.2 Å². The number of benzene rings is 1. The van der Waals surface area contributed by atoms with Gasteiger partial charge in [-0.15, -0.1) is 0 Å². The van der Waals surface area contributed by atoms with Crippen molar-refractivity contribution in [3.8, 4) is 0 Å². The highest BCUT2D eigenvalue weighted by Crippen LogP contribution is 2.41. The number of nitrogens with zero attached hydrogens (tertiary/aromatic N) is 1. The van der Waals surface area contributed by atoms with Gasteiger partial charge in [0.25, 0.3) is 0 Å². The number of hydrogen-bond donors (Lipinski definition) is 3. The van der Waals surface area contributed by atoms with Gasteiger partial charge in [0.1, 0.15) is 0 Å². The number of hydrogen-bond acceptors (Lipinski definition) is 4. The predicted octanol–water partition coefficient (Wildman–Crippen LogP) is 2.25. The van der Waals surface area contributed by atoms with Gasteiger partial charge in [0.15, 0.2) is 0 Å². The Kier molecular flexibility index (Phi) is 3.32. The standard InChI is InChI=1S/C17H19N3O2/c21-17(22)13-5-1-4-12-15(19-20-16(12)13)11-6-7-14-10(9-11)3-2-8-18-14/h2-3,6-9,12-13,15-16,19-20H,1,4-5H2,(H,21,22). The zero-order valence-corrected chi connectivity index (χ0v) is 12.2. The van der Waals surface area contributed by atoms with Crippen molar-refractivity contribution in [2.45, 2.75) is 31.3 Å². The molecule has 4 unspecified atom stereocenters. The van der Waals surface area contributed by atoms with Crippen LogP contribution >= 0.6 is 0 Å². The lowest BCUT2D eigenvalue weighted by Crippen LogP contribution is -2.43. The van der Waals surface area contributed by atoms with Crippen LogP contribution in [0.25, 0.3) is 10.9 Å². The summed E-state index contributed by atoms with van der Waals surface area (Å²) in [5.74, 6) is -0.658. The third kappa shape index (κ3) is 2.17. The second-order valence-electron chi connectivity index (χ2n) is 6.29. The minimum atomic E-state index is -0.688. The quantitative estimate of drug-likeness (QED) is 0.793. The van der Waals surface area contributed by atoms with E-state index in [-0.39, 0.29) is 18.0 Å². The number of aromatic nitrogens is 1. The van der Waals surface area contributed by atoms with Crippen LogP contribution in [0, 0.1) is 11.8 Å². The van der Waals surface area contributed by atoms with Gasteiger partial charge >= 0.3 is 5.97 Å². The van der Waals surface area contributed by atoms with Gasteiger partial charge in [0, 0.05) is 17.6 Å². The summed E-state index contributed by atoms with van der Waals surface area (Å²) in [5, 5.41) is 10.5. The van der Waals surface area contributed by atoms with Crippen LogP contribution in [-0.4, -0.2) is 22.1 Å². The topological polar surface area (TPSA) is 74.2 Å². The first-order valence-corrected chi connectivity index (χ1v) is 7.82. The number of rotatable bonds is 2. The molecule has 22 heavy (non-hydrogen) atoms. The average Bonchev–Trinajstić information content (AvgIpc) is 2.98. The maximum absolute atomic E-state index is 11.4. The summed E-state index contributed by atoms with van der Waals surface area (Å²) in [4.78, 5) is 15.8. The molecule has 2 fully saturated rings. The zero-order valence-electron chi connectivity index (χ0n) is 12.2. The number of carboxylic acids is 1. The Hall–Kier alpha value is -1.98. The Bertz CT molecular complexity index is 718. The molecular weight excluding hydrogens is 278 g/mol. The van der Waals surface area contributed by atoms with E-state index in [1.165, 1.54) is 5.56 Å². The van der Waals surface area contributed by atoms with Gasteiger partial charge in [0.05, 0.1) is 17.5 Å². The minimum Gasteiger partial charge on any atom is -0.481 e. The van der Waals surface area contributed by atoms with Crippen LogP contribution in [0.2, 0.25) is 0 Å². The van der Waals surface area contributed by atoms with Crippen LogP contribution in [0.15, 0.2) is 36.5 Å². The second-order valence-corrected chi connectivity index (χ2v) is 6.29. The molecule has 1 aromatic carbocycles. The van der Waals surface area contributed by atoms with Crippen molar-refractivity contribution >= 4 is 16.9 Å². The summed E-state index contributed by atoms with van der Waals surface area (Å²) in [7, 11) is 0. The highest BCUT2D eigenvalue weighted by atomic mass is 16.4. The van der Waals surface area contributed by atoms with E-state index in [2.05, 4.69) is 34.0 Å². The molecule has 1 saturated carbocycles. The molecule has 1 saturated heterocycles. The van der Waals surface area contributed by atoms with Gasteiger partial charge in [0.2, 0.25) is 0 Å². The summed E-state index contributed by atoms with van der Waals surface area (Å²) in [6, 6.07) is 10.5. The van der Waals surface area contributed by atoms with Crippen molar-refractivity contribution in [2.24, 2.45) is 11.8 Å². The van der Waals surface area contributed by atoms with Crippen molar-refractivity contribution in [2.75, 3.05) is 0 Å². The van der Waals surface area contributed by atoms with E-state index < -0.39 is 5.97 Å². The van der Waals surface area contributed by atoms with Crippen LogP contribution in [0.4, 0.5) is 0 Å². The van der Waals surface area contributed by atoms with E-state index >= 15 is 0 Å². The van der Waals surface area contributed by atoms with Crippen molar-refractivity contribution in [3.63, 3.8) is 0 Å². The van der Waals surface area contributed by atoms with Crippen LogP contribution in [0.3, 0.4) is 0 Å². The van der Waals surface area contributed by atoms with Gasteiger partial charge < -0.3 is 5.11 Å². The molecule has 3 N–H and O–H groups in total. The van der Waals surface area contributed by atoms with E-state index in [1.54, 1.807) is 6.20 Å². The summed E-state index contributed by atoms with van der Waals surface area (Å²) in [5.41, 5.74) is 8.76. The molecule has 4 rings (SSSR count). The predicted molar refractivity (Wildman–Crippen MR) is 83.0 cm³/mol. The first-order chi connectivity index (χ1) is 10.7. The number of pyridine rings is 1. The molecular formula is C17H19N3O2. The maximum Gasteiger partial charge on any atom is 0.308 e. The monoisotopic (exact) mass is 297 g/mol. The van der Waals surface area contributed by atoms with E-state index in [1.807, 2.05) is 12.1 Å². The SMILES string of the molecule is O=C(O)C1CCCC2C(c3ccc4ncccc4c3)NNC12. The smallest absolute Gasteiger partial charge is 0.308 e. The Morgan fingerprint density at radius 2 is 2.14 bits per heavy atom. The van der Waals surface area contributed by atoms with Gasteiger partial charge in [-0.2, -0.15) is 0 Å². The van der Waals surface area contributed by atoms with Crippen LogP contribution in [-0.2, 0) is 4.79 Å². The van der Waals surface area contributed by atoms with E-state index in [0.29, 0.717) is 5.92 Å². The van der Waals surface area contributed by atoms with Gasteiger partial charge in [-0.1, -0.05) is 18.6 Å². The molecule has 1 aromatic heterocycles. The fourth-order valence-corrected chi connectivity index (χ4v) is 4.00. The molecule has 114 valence electrons. The van der Waals surface area contributed by atoms with Crippen LogP contribution in [0.5, 0.6) is 0 Å². The first kappa shape index (κ1) is 13.7. The summed E-state index contributed by atoms with van der Waals surface area (Å²) < 4.78 is 0. The van der Waals surface area contributed by atoms with Crippen molar-refractivity contribution in [1.29, 1.82) is 0 Å². The molecule has 0 amide bonds. The fraction of sp³-hybridized carbons (Fsp3) is 0.412. The lowest BCUT2D eigenvalue weighted by atomic mass is 9.74. The first-order valence-electron chi connectivity index (χ1n) is 7.82. The summed E-state index contributed by atoms with van der Waals surface area (Å²) in [6.45, 7) is 0. The number of carbonyl (C=O) groups is 1. The molecule has 0 spiro atoms. The highest BCUT2D eigenvalue weighted by Gasteiger charge is 2.45. The molecule has 1 aliphatic heterocycles. The maximum atomic E-state index is 11.4. The number of fused-ring (bicyclic) bond motifs is 2. The number of aliphatic carboxylic acids is 1. The Labute approximate surface area is 128 Å². The van der Waals surface area contributed by atoms with E-state index in [4.69, 9.17) is 0 Å². The molecule has 1 aliphatic carbocycles. The Balaban J connectivity index is 1.66. The molecule has 5 nitrogen and oxygen atoms in total. The minimum absolute atomic E-state index is 0.0147. The Morgan fingerprint density at radius 1 is 1.23 bits per heavy atom. The lowest BCUT2D eigenvalue weighted by Gasteiger charge is -2.32. The average molecular weight is 297 g/mol. The summed E-state index contributed by atoms with van der Waals surface area (Å²) in [6.07, 6.45) is 4.60. The zero-order chi connectivity index (χ0) is 15.1. The molecule has 2 aromatic rings. The fourth-order valence-electron chi connectivity index (χ4n) is 4.00. The number of nitrogens with one attached hydrogen (secondary N) is 2. The number of carboxylic acid groups (broad SMARTS) is 1. The third-order valence-corrected chi connectivity index (χ3v) is 5.08. The highest BCUT2D eigenvalue weighted by molar-refractivity contribution is 5.79. The van der Waals surface area contributed by atoms with E-state index in [9.17, 15) is 9.90 Å². The molecule has 5 heteroatoms. The van der Waals surface area contributed by atoms with Gasteiger partial charge in [-0.05, 0) is 42.5 Å². The van der Waals surface area contributed by atoms with Crippen LogP contribution in [0.1, 0.15) is 30.9 Å². The van der Waals surface area contributed by atoms with Crippen LogP contribution < -0.4 is 10.9 Å². The Morgan fingerprint density at radius 3 is 3.00 bits per heavy atom. The largest absolute Gasteiger partial charge is 0.481 e. The van der Waals surface area contributed by atoms with Crippen molar-refractivity contribution in [3.05, 3.63) is 42.1 Å². The third-order valence-electron chi connectivity index (χ3n) is 5.08. The molecule has 2 aliphatic rings. The van der Waals surface area contributed by atoms with Gasteiger partial charge in [-0.3, -0.25) is 15.2 Å². The van der Waals surface area contributed by atoms with Crippen molar-refractivity contribution < 1.29 is 9.90 Å². The second kappa shape index (κ2) is 5.34. The normalized spacial score (nSPS) is 31.1. The summed E-state index contributed by atoms with van der Waals surface area (Å²) >= 11 is 0.